The normalized spacial score (nSPS) is 32.2. The van der Waals surface area contributed by atoms with Gasteiger partial charge in [0.25, 0.3) is 0 Å². The van der Waals surface area contributed by atoms with Crippen LogP contribution in [-0.4, -0.2) is 47.6 Å². The van der Waals surface area contributed by atoms with Crippen molar-refractivity contribution in [2.24, 2.45) is 5.92 Å². The van der Waals surface area contributed by atoms with E-state index in [0.29, 0.717) is 5.54 Å². The van der Waals surface area contributed by atoms with Crippen molar-refractivity contribution in [1.29, 1.82) is 0 Å². The topological polar surface area (TPSA) is 15.3 Å². The lowest BCUT2D eigenvalue weighted by Gasteiger charge is -2.46. The van der Waals surface area contributed by atoms with Crippen molar-refractivity contribution < 1.29 is 0 Å². The van der Waals surface area contributed by atoms with Crippen LogP contribution >= 0.6 is 11.8 Å². The molecule has 3 fully saturated rings. The van der Waals surface area contributed by atoms with Gasteiger partial charge < -0.3 is 5.32 Å². The minimum Gasteiger partial charge on any atom is -0.308 e. The maximum Gasteiger partial charge on any atom is 0.0309 e. The summed E-state index contributed by atoms with van der Waals surface area (Å²) in [6.07, 6.45) is 8.69. The molecule has 18 heavy (non-hydrogen) atoms. The van der Waals surface area contributed by atoms with Gasteiger partial charge in [0.15, 0.2) is 0 Å². The van der Waals surface area contributed by atoms with Crippen molar-refractivity contribution in [3.8, 4) is 0 Å². The van der Waals surface area contributed by atoms with Gasteiger partial charge in [0.2, 0.25) is 0 Å². The first-order valence-electron chi connectivity index (χ1n) is 7.90. The van der Waals surface area contributed by atoms with Crippen molar-refractivity contribution in [2.45, 2.75) is 57.0 Å². The van der Waals surface area contributed by atoms with Crippen LogP contribution in [0.25, 0.3) is 0 Å². The van der Waals surface area contributed by atoms with Gasteiger partial charge in [0.05, 0.1) is 0 Å². The van der Waals surface area contributed by atoms with E-state index in [1.807, 2.05) is 0 Å². The maximum absolute atomic E-state index is 3.94. The van der Waals surface area contributed by atoms with E-state index in [2.05, 4.69) is 28.9 Å². The van der Waals surface area contributed by atoms with Gasteiger partial charge in [-0.1, -0.05) is 19.8 Å². The molecule has 1 atom stereocenters. The number of hydrogen-bond donors (Lipinski definition) is 1. The number of nitrogens with one attached hydrogen (secondary N) is 1. The molecule has 0 radical (unpaired) electrons. The van der Waals surface area contributed by atoms with E-state index in [0.717, 1.165) is 12.0 Å². The summed E-state index contributed by atoms with van der Waals surface area (Å²) in [6, 6.07) is 0.855. The molecule has 2 nitrogen and oxygen atoms in total. The number of nitrogens with zero attached hydrogens (tertiary/aromatic N) is 1. The lowest BCUT2D eigenvalue weighted by molar-refractivity contribution is 0.0752. The Kier molecular flexibility index (Phi) is 4.21. The van der Waals surface area contributed by atoms with E-state index in [1.165, 1.54) is 69.7 Å². The van der Waals surface area contributed by atoms with Crippen LogP contribution in [0.3, 0.4) is 0 Å². The molecule has 1 heterocycles. The van der Waals surface area contributed by atoms with Crippen LogP contribution in [0, 0.1) is 5.92 Å². The molecule has 1 unspecified atom stereocenters. The number of thioether (sulfide) groups is 1. The third kappa shape index (κ3) is 2.88. The van der Waals surface area contributed by atoms with E-state index in [9.17, 15) is 0 Å². The molecule has 0 aromatic carbocycles. The molecule has 3 rings (SSSR count). The molecule has 0 amide bonds. The van der Waals surface area contributed by atoms with Crippen LogP contribution < -0.4 is 5.32 Å². The highest BCUT2D eigenvalue weighted by Crippen LogP contribution is 2.40. The lowest BCUT2D eigenvalue weighted by atomic mass is 9.91. The second-order valence-electron chi connectivity index (χ2n) is 6.44. The summed E-state index contributed by atoms with van der Waals surface area (Å²) in [5, 5.41) is 3.94. The van der Waals surface area contributed by atoms with E-state index in [-0.39, 0.29) is 0 Å². The third-order valence-corrected chi connectivity index (χ3v) is 5.99. The van der Waals surface area contributed by atoms with Crippen LogP contribution in [0.2, 0.25) is 0 Å². The first-order valence-corrected chi connectivity index (χ1v) is 9.05. The summed E-state index contributed by atoms with van der Waals surface area (Å²) in [5.41, 5.74) is 0.502. The van der Waals surface area contributed by atoms with Crippen LogP contribution in [0.4, 0.5) is 0 Å². The molecule has 0 aromatic rings. The van der Waals surface area contributed by atoms with Crippen molar-refractivity contribution in [3.63, 3.8) is 0 Å². The standard InChI is InChI=1S/C15H28N2S/c1-2-18-10-9-17-12-15(7-3-4-8-15)16-11-14(17)13-5-6-13/h13-14,16H,2-12H2,1H3. The lowest BCUT2D eigenvalue weighted by Crippen LogP contribution is -2.64. The molecule has 1 spiro atoms. The number of rotatable bonds is 5. The largest absolute Gasteiger partial charge is 0.308 e. The van der Waals surface area contributed by atoms with Gasteiger partial charge in [-0.3, -0.25) is 4.90 Å². The monoisotopic (exact) mass is 268 g/mol. The average Bonchev–Trinajstić information content (AvgIpc) is 3.12. The van der Waals surface area contributed by atoms with Gasteiger partial charge in [-0.2, -0.15) is 11.8 Å². The molecule has 1 aliphatic heterocycles. The summed E-state index contributed by atoms with van der Waals surface area (Å²) in [6.45, 7) is 6.20. The molecule has 0 aromatic heterocycles. The van der Waals surface area contributed by atoms with E-state index in [1.54, 1.807) is 0 Å². The molecular weight excluding hydrogens is 240 g/mol. The first kappa shape index (κ1) is 13.3. The Morgan fingerprint density at radius 3 is 2.72 bits per heavy atom. The molecule has 3 heteroatoms. The second-order valence-corrected chi connectivity index (χ2v) is 7.83. The van der Waals surface area contributed by atoms with Gasteiger partial charge >= 0.3 is 0 Å². The zero-order chi connectivity index (χ0) is 12.4. The van der Waals surface area contributed by atoms with Gasteiger partial charge in [-0.25, -0.2) is 0 Å². The summed E-state index contributed by atoms with van der Waals surface area (Å²) in [7, 11) is 0. The van der Waals surface area contributed by atoms with Gasteiger partial charge in [0.1, 0.15) is 0 Å². The smallest absolute Gasteiger partial charge is 0.0309 e. The minimum absolute atomic E-state index is 0.502. The van der Waals surface area contributed by atoms with E-state index in [4.69, 9.17) is 0 Å². The SMILES string of the molecule is CCSCCN1CC2(CCCC2)NCC1C1CC1. The third-order valence-electron chi connectivity index (χ3n) is 5.11. The quantitative estimate of drug-likeness (QED) is 0.772. The number of piperazine rings is 1. The van der Waals surface area contributed by atoms with E-state index < -0.39 is 0 Å². The van der Waals surface area contributed by atoms with Crippen LogP contribution in [0.15, 0.2) is 0 Å². The average molecular weight is 268 g/mol. The van der Waals surface area contributed by atoms with E-state index >= 15 is 0 Å². The van der Waals surface area contributed by atoms with Crippen LogP contribution in [0.1, 0.15) is 45.4 Å². The Morgan fingerprint density at radius 2 is 2.06 bits per heavy atom. The fourth-order valence-corrected chi connectivity index (χ4v) is 4.57. The summed E-state index contributed by atoms with van der Waals surface area (Å²) in [4.78, 5) is 2.85. The zero-order valence-electron chi connectivity index (χ0n) is 11.8. The highest BCUT2D eigenvalue weighted by atomic mass is 32.2. The number of hydrogen-bond acceptors (Lipinski definition) is 3. The Bertz CT molecular complexity index is 272. The maximum atomic E-state index is 3.94. The van der Waals surface area contributed by atoms with Crippen LogP contribution in [0.5, 0.6) is 0 Å². The van der Waals surface area contributed by atoms with Crippen molar-refractivity contribution in [3.05, 3.63) is 0 Å². The summed E-state index contributed by atoms with van der Waals surface area (Å²) >= 11 is 2.10. The zero-order valence-corrected chi connectivity index (χ0v) is 12.6. The van der Waals surface area contributed by atoms with Gasteiger partial charge in [-0.15, -0.1) is 0 Å². The highest BCUT2D eigenvalue weighted by molar-refractivity contribution is 7.99. The van der Waals surface area contributed by atoms with Gasteiger partial charge in [-0.05, 0) is 37.4 Å². The van der Waals surface area contributed by atoms with Crippen LogP contribution in [-0.2, 0) is 0 Å². The van der Waals surface area contributed by atoms with Crippen molar-refractivity contribution in [1.82, 2.24) is 10.2 Å². The molecule has 0 bridgehead atoms. The molecule has 1 saturated heterocycles. The first-order chi connectivity index (χ1) is 8.83. The molecular formula is C15H28N2S. The molecule has 2 saturated carbocycles. The Hall–Kier alpha value is 0.270. The minimum atomic E-state index is 0.502. The molecule has 1 N–H and O–H groups in total. The highest BCUT2D eigenvalue weighted by Gasteiger charge is 2.45. The van der Waals surface area contributed by atoms with Crippen molar-refractivity contribution >= 4 is 11.8 Å². The fourth-order valence-electron chi connectivity index (χ4n) is 3.92. The summed E-state index contributed by atoms with van der Waals surface area (Å²) < 4.78 is 0. The Balaban J connectivity index is 1.59. The fraction of sp³-hybridized carbons (Fsp3) is 1.00. The Morgan fingerprint density at radius 1 is 1.28 bits per heavy atom. The molecule has 104 valence electrons. The Labute approximate surface area is 116 Å². The van der Waals surface area contributed by atoms with Crippen molar-refractivity contribution in [2.75, 3.05) is 31.1 Å². The molecule has 3 aliphatic rings. The predicted molar refractivity (Wildman–Crippen MR) is 80.3 cm³/mol. The molecule has 2 aliphatic carbocycles. The second kappa shape index (κ2) is 5.72. The van der Waals surface area contributed by atoms with Gasteiger partial charge in [0, 0.05) is 37.0 Å². The predicted octanol–water partition coefficient (Wildman–Crippen LogP) is 2.74. The summed E-state index contributed by atoms with van der Waals surface area (Å²) in [5.74, 6) is 3.61.